The van der Waals surface area contributed by atoms with Crippen LogP contribution >= 0.6 is 24.0 Å². The largest absolute Gasteiger partial charge is 0.392 e. The summed E-state index contributed by atoms with van der Waals surface area (Å²) in [7, 11) is 0. The van der Waals surface area contributed by atoms with Crippen LogP contribution in [0.4, 0.5) is 0 Å². The quantitative estimate of drug-likeness (QED) is 0.397. The van der Waals surface area contributed by atoms with E-state index < -0.39 is 5.41 Å². The molecule has 0 saturated carbocycles. The second-order valence-corrected chi connectivity index (χ2v) is 7.03. The average Bonchev–Trinajstić information content (AvgIpc) is 2.45. The molecule has 21 heavy (non-hydrogen) atoms. The van der Waals surface area contributed by atoms with Crippen LogP contribution in [0.2, 0.25) is 0 Å². The smallest absolute Gasteiger partial charge is 0.233 e. The molecule has 0 aliphatic heterocycles. The van der Waals surface area contributed by atoms with Crippen LogP contribution in [0.15, 0.2) is 0 Å². The van der Waals surface area contributed by atoms with Crippen LogP contribution in [0.1, 0.15) is 65.2 Å². The number of hydrogen-bond acceptors (Lipinski definition) is 3. The van der Waals surface area contributed by atoms with E-state index in [0.29, 0.717) is 4.99 Å². The van der Waals surface area contributed by atoms with Crippen molar-refractivity contribution in [2.75, 3.05) is 18.6 Å². The van der Waals surface area contributed by atoms with Gasteiger partial charge >= 0.3 is 0 Å². The summed E-state index contributed by atoms with van der Waals surface area (Å²) in [6, 6.07) is 0. The number of thioether (sulfide) groups is 1. The highest BCUT2D eigenvalue weighted by Gasteiger charge is 2.39. The predicted octanol–water partition coefficient (Wildman–Crippen LogP) is 3.90. The summed E-state index contributed by atoms with van der Waals surface area (Å²) in [6.45, 7) is 4.87. The van der Waals surface area contributed by atoms with Gasteiger partial charge in [0, 0.05) is 6.54 Å². The minimum absolute atomic E-state index is 0.0304. The molecule has 3 nitrogen and oxygen atoms in total. The van der Waals surface area contributed by atoms with Gasteiger partial charge in [-0.15, -0.1) is 0 Å². The summed E-state index contributed by atoms with van der Waals surface area (Å²) in [6.07, 6.45) is 10.2. The Morgan fingerprint density at radius 1 is 1.14 bits per heavy atom. The monoisotopic (exact) mass is 332 g/mol. The molecule has 0 saturated heterocycles. The van der Waals surface area contributed by atoms with E-state index in [-0.39, 0.29) is 5.91 Å². The van der Waals surface area contributed by atoms with Gasteiger partial charge in [-0.1, -0.05) is 51.7 Å². The van der Waals surface area contributed by atoms with Crippen LogP contribution in [0.3, 0.4) is 0 Å². The Kier molecular flexibility index (Phi) is 12.1. The maximum atomic E-state index is 12.5. The van der Waals surface area contributed by atoms with Crippen LogP contribution < -0.4 is 11.1 Å². The summed E-state index contributed by atoms with van der Waals surface area (Å²) >= 11 is 7.09. The van der Waals surface area contributed by atoms with Gasteiger partial charge in [-0.3, -0.25) is 4.79 Å². The molecule has 0 aromatic rings. The van der Waals surface area contributed by atoms with E-state index in [2.05, 4.69) is 25.4 Å². The first-order valence-corrected chi connectivity index (χ1v) is 9.92. The molecule has 0 spiro atoms. The molecule has 0 radical (unpaired) electrons. The van der Waals surface area contributed by atoms with E-state index in [1.807, 2.05) is 11.8 Å². The van der Waals surface area contributed by atoms with Gasteiger partial charge in [0.1, 0.15) is 0 Å². The highest BCUT2D eigenvalue weighted by atomic mass is 32.2. The standard InChI is InChI=1S/C16H32N2OS2/c1-4-10-16(11-5-2,14(17)20)15(19)18-12-8-6-7-9-13-21-3/h4-13H2,1-3H3,(H2,17,20)(H,18,19). The van der Waals surface area contributed by atoms with Crippen LogP contribution in [0.25, 0.3) is 0 Å². The Balaban J connectivity index is 4.26. The number of thiocarbonyl (C=S) groups is 1. The van der Waals surface area contributed by atoms with E-state index in [9.17, 15) is 4.79 Å². The van der Waals surface area contributed by atoms with Gasteiger partial charge in [0.2, 0.25) is 5.91 Å². The number of hydrogen-bond donors (Lipinski definition) is 2. The van der Waals surface area contributed by atoms with Gasteiger partial charge in [-0.25, -0.2) is 0 Å². The first-order chi connectivity index (χ1) is 10.0. The van der Waals surface area contributed by atoms with Crippen molar-refractivity contribution in [1.29, 1.82) is 0 Å². The Labute approximate surface area is 140 Å². The number of carbonyl (C=O) groups excluding carboxylic acids is 1. The fraction of sp³-hybridized carbons (Fsp3) is 0.875. The molecule has 0 atom stereocenters. The third-order valence-corrected chi connectivity index (χ3v) is 4.91. The van der Waals surface area contributed by atoms with Crippen molar-refractivity contribution in [3.63, 3.8) is 0 Å². The molecule has 5 heteroatoms. The number of unbranched alkanes of at least 4 members (excludes halogenated alkanes) is 3. The predicted molar refractivity (Wildman–Crippen MR) is 98.9 cm³/mol. The molecule has 0 fully saturated rings. The second-order valence-electron chi connectivity index (χ2n) is 5.61. The first kappa shape index (κ1) is 20.7. The molecule has 0 aromatic carbocycles. The molecule has 124 valence electrons. The minimum atomic E-state index is -0.641. The molecule has 0 aliphatic carbocycles. The summed E-state index contributed by atoms with van der Waals surface area (Å²) < 4.78 is 0. The number of nitrogens with two attached hydrogens (primary N) is 1. The second kappa shape index (κ2) is 12.3. The fourth-order valence-corrected chi connectivity index (χ4v) is 3.45. The van der Waals surface area contributed by atoms with Crippen molar-refractivity contribution in [2.45, 2.75) is 65.2 Å². The van der Waals surface area contributed by atoms with Crippen LogP contribution in [-0.2, 0) is 4.79 Å². The number of nitrogens with one attached hydrogen (secondary N) is 1. The molecule has 0 rings (SSSR count). The van der Waals surface area contributed by atoms with Gasteiger partial charge < -0.3 is 11.1 Å². The van der Waals surface area contributed by atoms with Gasteiger partial charge in [0.05, 0.1) is 10.4 Å². The fourth-order valence-electron chi connectivity index (χ4n) is 2.66. The molecule has 0 bridgehead atoms. The summed E-state index contributed by atoms with van der Waals surface area (Å²) in [5.74, 6) is 1.26. The third kappa shape index (κ3) is 7.50. The van der Waals surface area contributed by atoms with Crippen molar-refractivity contribution in [3.8, 4) is 0 Å². The van der Waals surface area contributed by atoms with E-state index >= 15 is 0 Å². The van der Waals surface area contributed by atoms with Crippen molar-refractivity contribution >= 4 is 34.9 Å². The van der Waals surface area contributed by atoms with Crippen molar-refractivity contribution in [3.05, 3.63) is 0 Å². The summed E-state index contributed by atoms with van der Waals surface area (Å²) in [5.41, 5.74) is 5.26. The van der Waals surface area contributed by atoms with E-state index in [4.69, 9.17) is 18.0 Å². The Bertz CT molecular complexity index is 303. The molecule has 0 heterocycles. The SMILES string of the molecule is CCCC(CCC)(C(=O)NCCCCCCSC)C(N)=S. The lowest BCUT2D eigenvalue weighted by Crippen LogP contribution is -2.49. The zero-order chi connectivity index (χ0) is 16.1. The minimum Gasteiger partial charge on any atom is -0.392 e. The zero-order valence-corrected chi connectivity index (χ0v) is 15.5. The third-order valence-electron chi connectivity index (χ3n) is 3.82. The first-order valence-electron chi connectivity index (χ1n) is 8.12. The Hall–Kier alpha value is -0.290. The lowest BCUT2D eigenvalue weighted by molar-refractivity contribution is -0.128. The van der Waals surface area contributed by atoms with Crippen LogP contribution in [0.5, 0.6) is 0 Å². The van der Waals surface area contributed by atoms with E-state index in [1.54, 1.807) is 0 Å². The van der Waals surface area contributed by atoms with Crippen molar-refractivity contribution in [1.82, 2.24) is 5.32 Å². The molecule has 3 N–H and O–H groups in total. The Morgan fingerprint density at radius 3 is 2.19 bits per heavy atom. The molecular weight excluding hydrogens is 300 g/mol. The van der Waals surface area contributed by atoms with Gasteiger partial charge in [0.25, 0.3) is 0 Å². The summed E-state index contributed by atoms with van der Waals surface area (Å²) in [5, 5.41) is 3.05. The molecule has 0 aromatic heterocycles. The average molecular weight is 333 g/mol. The topological polar surface area (TPSA) is 55.1 Å². The molecular formula is C16H32N2OS2. The number of amides is 1. The number of carbonyl (C=O) groups is 1. The normalized spacial score (nSPS) is 11.4. The highest BCUT2D eigenvalue weighted by Crippen LogP contribution is 2.30. The molecule has 1 amide bonds. The van der Waals surface area contributed by atoms with Crippen LogP contribution in [-0.4, -0.2) is 29.4 Å². The molecule has 0 unspecified atom stereocenters. The van der Waals surface area contributed by atoms with E-state index in [0.717, 1.165) is 38.6 Å². The maximum absolute atomic E-state index is 12.5. The highest BCUT2D eigenvalue weighted by molar-refractivity contribution is 7.98. The van der Waals surface area contributed by atoms with Crippen molar-refractivity contribution in [2.24, 2.45) is 11.1 Å². The zero-order valence-electron chi connectivity index (χ0n) is 13.9. The maximum Gasteiger partial charge on any atom is 0.233 e. The van der Waals surface area contributed by atoms with Crippen LogP contribution in [0, 0.1) is 5.41 Å². The van der Waals surface area contributed by atoms with Crippen molar-refractivity contribution < 1.29 is 4.79 Å². The number of rotatable bonds is 13. The van der Waals surface area contributed by atoms with Gasteiger partial charge in [-0.05, 0) is 37.7 Å². The van der Waals surface area contributed by atoms with Gasteiger partial charge in [0.15, 0.2) is 0 Å². The summed E-state index contributed by atoms with van der Waals surface area (Å²) in [4.78, 5) is 12.9. The lowest BCUT2D eigenvalue weighted by Gasteiger charge is -2.31. The lowest BCUT2D eigenvalue weighted by atomic mass is 9.78. The molecule has 0 aliphatic rings. The van der Waals surface area contributed by atoms with E-state index in [1.165, 1.54) is 25.0 Å². The Morgan fingerprint density at radius 2 is 1.71 bits per heavy atom. The van der Waals surface area contributed by atoms with Gasteiger partial charge in [-0.2, -0.15) is 11.8 Å².